The second-order valence-corrected chi connectivity index (χ2v) is 4.78. The maximum absolute atomic E-state index is 5.67. The summed E-state index contributed by atoms with van der Waals surface area (Å²) in [6.45, 7) is 7.16. The van der Waals surface area contributed by atoms with Crippen LogP contribution in [-0.4, -0.2) is 28.8 Å². The van der Waals surface area contributed by atoms with Gasteiger partial charge in [-0.1, -0.05) is 0 Å². The maximum Gasteiger partial charge on any atom is 0.106 e. The molecule has 0 bridgehead atoms. The summed E-state index contributed by atoms with van der Waals surface area (Å²) in [6.07, 6.45) is 2.55. The van der Waals surface area contributed by atoms with Crippen LogP contribution in [0.4, 0.5) is 0 Å². The molecule has 0 radical (unpaired) electrons. The molecule has 1 aromatic rings. The number of fused-ring (bicyclic) bond motifs is 1. The molecular formula is C12H19N3O. The standard InChI is InChI=1S/C12H19N3O/c1-8-11(4-6-16-8)15-9(2)14-10-7-13-5-3-12(10)15/h8,11,13H,3-7H2,1-2H3. The van der Waals surface area contributed by atoms with Gasteiger partial charge in [0.1, 0.15) is 5.82 Å². The highest BCUT2D eigenvalue weighted by molar-refractivity contribution is 5.21. The first kappa shape index (κ1) is 10.3. The minimum atomic E-state index is 0.326. The van der Waals surface area contributed by atoms with E-state index < -0.39 is 0 Å². The van der Waals surface area contributed by atoms with E-state index in [2.05, 4.69) is 28.7 Å². The number of nitrogens with zero attached hydrogens (tertiary/aromatic N) is 2. The Morgan fingerprint density at radius 3 is 3.12 bits per heavy atom. The predicted octanol–water partition coefficient (Wildman–Crippen LogP) is 1.19. The third kappa shape index (κ3) is 1.48. The Morgan fingerprint density at radius 2 is 2.38 bits per heavy atom. The summed E-state index contributed by atoms with van der Waals surface area (Å²) >= 11 is 0. The number of hydrogen-bond acceptors (Lipinski definition) is 3. The topological polar surface area (TPSA) is 39.1 Å². The van der Waals surface area contributed by atoms with Gasteiger partial charge in [-0.3, -0.25) is 0 Å². The molecule has 2 aliphatic rings. The summed E-state index contributed by atoms with van der Waals surface area (Å²) in [5, 5.41) is 3.38. The summed E-state index contributed by atoms with van der Waals surface area (Å²) in [4.78, 5) is 4.68. The van der Waals surface area contributed by atoms with Gasteiger partial charge in [-0.05, 0) is 20.3 Å². The fourth-order valence-corrected chi connectivity index (χ4v) is 2.97. The quantitative estimate of drug-likeness (QED) is 0.774. The van der Waals surface area contributed by atoms with Crippen molar-refractivity contribution >= 4 is 0 Å². The van der Waals surface area contributed by atoms with Crippen LogP contribution >= 0.6 is 0 Å². The number of hydrogen-bond donors (Lipinski definition) is 1. The molecule has 88 valence electrons. The van der Waals surface area contributed by atoms with Crippen molar-refractivity contribution < 1.29 is 4.74 Å². The largest absolute Gasteiger partial charge is 0.376 e. The molecule has 0 amide bonds. The molecule has 16 heavy (non-hydrogen) atoms. The minimum absolute atomic E-state index is 0.326. The summed E-state index contributed by atoms with van der Waals surface area (Å²) in [5.41, 5.74) is 2.67. The average molecular weight is 221 g/mol. The Labute approximate surface area is 96.0 Å². The average Bonchev–Trinajstić information content (AvgIpc) is 2.81. The van der Waals surface area contributed by atoms with Gasteiger partial charge in [0.2, 0.25) is 0 Å². The zero-order valence-corrected chi connectivity index (χ0v) is 9.99. The first-order valence-electron chi connectivity index (χ1n) is 6.16. The minimum Gasteiger partial charge on any atom is -0.376 e. The highest BCUT2D eigenvalue weighted by Gasteiger charge is 2.30. The van der Waals surface area contributed by atoms with Crippen molar-refractivity contribution in [2.45, 2.75) is 45.4 Å². The molecule has 3 rings (SSSR count). The van der Waals surface area contributed by atoms with Crippen LogP contribution in [0.3, 0.4) is 0 Å². The smallest absolute Gasteiger partial charge is 0.106 e. The Bertz CT molecular complexity index is 399. The van der Waals surface area contributed by atoms with E-state index in [1.165, 1.54) is 11.4 Å². The highest BCUT2D eigenvalue weighted by Crippen LogP contribution is 2.30. The summed E-state index contributed by atoms with van der Waals surface area (Å²) < 4.78 is 8.10. The van der Waals surface area contributed by atoms with Crippen molar-refractivity contribution in [2.24, 2.45) is 0 Å². The van der Waals surface area contributed by atoms with E-state index in [0.29, 0.717) is 12.1 Å². The molecule has 2 unspecified atom stereocenters. The van der Waals surface area contributed by atoms with E-state index in [0.717, 1.165) is 38.4 Å². The summed E-state index contributed by atoms with van der Waals surface area (Å²) in [5.74, 6) is 1.15. The van der Waals surface area contributed by atoms with Crippen LogP contribution in [0, 0.1) is 6.92 Å². The third-order valence-electron chi connectivity index (χ3n) is 3.77. The number of aromatic nitrogens is 2. The Kier molecular flexibility index (Phi) is 2.48. The Hall–Kier alpha value is -0.870. The second-order valence-electron chi connectivity index (χ2n) is 4.78. The lowest BCUT2D eigenvalue weighted by atomic mass is 10.1. The molecule has 0 aromatic carbocycles. The zero-order valence-electron chi connectivity index (χ0n) is 9.99. The van der Waals surface area contributed by atoms with E-state index in [1.54, 1.807) is 0 Å². The fraction of sp³-hybridized carbons (Fsp3) is 0.750. The molecule has 1 N–H and O–H groups in total. The highest BCUT2D eigenvalue weighted by atomic mass is 16.5. The predicted molar refractivity (Wildman–Crippen MR) is 61.4 cm³/mol. The van der Waals surface area contributed by atoms with Gasteiger partial charge in [0, 0.05) is 31.8 Å². The van der Waals surface area contributed by atoms with Crippen LogP contribution in [-0.2, 0) is 17.7 Å². The van der Waals surface area contributed by atoms with E-state index >= 15 is 0 Å². The summed E-state index contributed by atoms with van der Waals surface area (Å²) in [6, 6.07) is 0.495. The molecule has 1 saturated heterocycles. The Balaban J connectivity index is 2.02. The van der Waals surface area contributed by atoms with E-state index in [-0.39, 0.29) is 0 Å². The van der Waals surface area contributed by atoms with Gasteiger partial charge in [0.05, 0.1) is 17.8 Å². The van der Waals surface area contributed by atoms with Crippen LogP contribution in [0.15, 0.2) is 0 Å². The van der Waals surface area contributed by atoms with E-state index in [1.807, 2.05) is 0 Å². The molecule has 0 aliphatic carbocycles. The van der Waals surface area contributed by atoms with E-state index in [9.17, 15) is 0 Å². The summed E-state index contributed by atoms with van der Waals surface area (Å²) in [7, 11) is 0. The van der Waals surface area contributed by atoms with Crippen LogP contribution in [0.25, 0.3) is 0 Å². The van der Waals surface area contributed by atoms with Gasteiger partial charge >= 0.3 is 0 Å². The number of nitrogens with one attached hydrogen (secondary N) is 1. The van der Waals surface area contributed by atoms with Crippen molar-refractivity contribution in [3.05, 3.63) is 17.2 Å². The molecule has 1 fully saturated rings. The van der Waals surface area contributed by atoms with Gasteiger partial charge < -0.3 is 14.6 Å². The SMILES string of the molecule is Cc1nc2c(n1C1CCOC1C)CCNC2. The van der Waals surface area contributed by atoms with Crippen molar-refractivity contribution in [1.29, 1.82) is 0 Å². The lowest BCUT2D eigenvalue weighted by Crippen LogP contribution is -2.27. The van der Waals surface area contributed by atoms with Crippen molar-refractivity contribution in [3.8, 4) is 0 Å². The Morgan fingerprint density at radius 1 is 1.50 bits per heavy atom. The maximum atomic E-state index is 5.67. The van der Waals surface area contributed by atoms with Crippen LogP contribution in [0.2, 0.25) is 0 Å². The molecule has 2 atom stereocenters. The fourth-order valence-electron chi connectivity index (χ4n) is 2.97. The van der Waals surface area contributed by atoms with Gasteiger partial charge in [0.15, 0.2) is 0 Å². The monoisotopic (exact) mass is 221 g/mol. The molecule has 4 nitrogen and oxygen atoms in total. The zero-order chi connectivity index (χ0) is 11.1. The van der Waals surface area contributed by atoms with Gasteiger partial charge in [0.25, 0.3) is 0 Å². The third-order valence-corrected chi connectivity index (χ3v) is 3.77. The number of ether oxygens (including phenoxy) is 1. The molecule has 0 saturated carbocycles. The molecule has 3 heterocycles. The molecule has 1 aromatic heterocycles. The number of imidazole rings is 1. The van der Waals surface area contributed by atoms with Crippen molar-refractivity contribution in [1.82, 2.24) is 14.9 Å². The first-order chi connectivity index (χ1) is 7.77. The van der Waals surface area contributed by atoms with Gasteiger partial charge in [-0.15, -0.1) is 0 Å². The van der Waals surface area contributed by atoms with Crippen molar-refractivity contribution in [2.75, 3.05) is 13.2 Å². The molecule has 0 spiro atoms. The second kappa shape index (κ2) is 3.86. The lowest BCUT2D eigenvalue weighted by molar-refractivity contribution is 0.106. The molecule has 4 heteroatoms. The van der Waals surface area contributed by atoms with Crippen LogP contribution in [0.1, 0.15) is 36.6 Å². The molecule has 2 aliphatic heterocycles. The van der Waals surface area contributed by atoms with Crippen LogP contribution in [0.5, 0.6) is 0 Å². The number of rotatable bonds is 1. The van der Waals surface area contributed by atoms with Gasteiger partial charge in [-0.2, -0.15) is 0 Å². The number of aryl methyl sites for hydroxylation is 1. The van der Waals surface area contributed by atoms with E-state index in [4.69, 9.17) is 4.74 Å². The van der Waals surface area contributed by atoms with Gasteiger partial charge in [-0.25, -0.2) is 4.98 Å². The molecular weight excluding hydrogens is 202 g/mol. The normalized spacial score (nSPS) is 29.4. The first-order valence-corrected chi connectivity index (χ1v) is 6.16. The van der Waals surface area contributed by atoms with Crippen molar-refractivity contribution in [3.63, 3.8) is 0 Å². The van der Waals surface area contributed by atoms with Crippen LogP contribution < -0.4 is 5.32 Å². The lowest BCUT2D eigenvalue weighted by Gasteiger charge is -2.22.